The molecule has 31 heavy (non-hydrogen) atoms. The number of benzene rings is 2. The average Bonchev–Trinajstić information content (AvgIpc) is 2.67. The van der Waals surface area contributed by atoms with Crippen molar-refractivity contribution in [1.29, 1.82) is 0 Å². The monoisotopic (exact) mass is 432 g/mol. The predicted molar refractivity (Wildman–Crippen MR) is 110 cm³/mol. The van der Waals surface area contributed by atoms with Crippen molar-refractivity contribution in [3.8, 4) is 5.69 Å². The Kier molecular flexibility index (Phi) is 4.69. The maximum Gasteiger partial charge on any atom is 0.341 e. The quantitative estimate of drug-likeness (QED) is 0.548. The summed E-state index contributed by atoms with van der Waals surface area (Å²) in [4.78, 5) is 26.3. The summed E-state index contributed by atoms with van der Waals surface area (Å²) in [5.74, 6) is -4.25. The van der Waals surface area contributed by atoms with E-state index >= 15 is 4.39 Å². The number of halogens is 3. The van der Waals surface area contributed by atoms with Crippen LogP contribution >= 0.6 is 0 Å². The van der Waals surface area contributed by atoms with Crippen LogP contribution in [0.25, 0.3) is 16.6 Å². The number of aromatic carboxylic acids is 1. The van der Waals surface area contributed by atoms with E-state index < -0.39 is 34.4 Å². The highest BCUT2D eigenvalue weighted by molar-refractivity contribution is 5.97. The summed E-state index contributed by atoms with van der Waals surface area (Å²) in [6.07, 6.45) is 0.943. The van der Waals surface area contributed by atoms with Crippen molar-refractivity contribution in [3.63, 3.8) is 0 Å². The Labute approximate surface area is 174 Å². The number of nitrogen functional groups attached to an aromatic ring is 1. The van der Waals surface area contributed by atoms with Gasteiger partial charge in [-0.15, -0.1) is 0 Å². The number of aromatic nitrogens is 1. The third kappa shape index (κ3) is 3.02. The van der Waals surface area contributed by atoms with Gasteiger partial charge in [-0.2, -0.15) is 0 Å². The lowest BCUT2D eigenvalue weighted by atomic mass is 9.97. The van der Waals surface area contributed by atoms with E-state index in [1.807, 2.05) is 0 Å². The van der Waals surface area contributed by atoms with E-state index in [0.29, 0.717) is 24.7 Å². The van der Waals surface area contributed by atoms with Crippen LogP contribution in [0.15, 0.2) is 23.1 Å². The zero-order valence-corrected chi connectivity index (χ0v) is 16.7. The maximum atomic E-state index is 15.3. The minimum atomic E-state index is -1.56. The molecular weight excluding hydrogens is 413 g/mol. The SMILES string of the molecule is Cc1c(F)c(N2CC(N)C2)c(C)c2c1c(=O)c(C(=O)O)cn2-c1cc(N)c(F)cc1F. The van der Waals surface area contributed by atoms with Crippen molar-refractivity contribution in [2.45, 2.75) is 19.9 Å². The summed E-state index contributed by atoms with van der Waals surface area (Å²) in [6, 6.07) is 1.42. The number of aryl methyl sites for hydroxylation is 2. The van der Waals surface area contributed by atoms with Gasteiger partial charge < -0.3 is 26.0 Å². The zero-order chi connectivity index (χ0) is 22.8. The van der Waals surface area contributed by atoms with Crippen LogP contribution in [0.5, 0.6) is 0 Å². The van der Waals surface area contributed by atoms with Gasteiger partial charge in [-0.05, 0) is 19.9 Å². The molecule has 0 amide bonds. The van der Waals surface area contributed by atoms with Gasteiger partial charge in [0.1, 0.15) is 17.2 Å². The Morgan fingerprint density at radius 2 is 1.77 bits per heavy atom. The normalized spacial score (nSPS) is 14.2. The molecule has 0 radical (unpaired) electrons. The van der Waals surface area contributed by atoms with Crippen LogP contribution < -0.4 is 21.8 Å². The van der Waals surface area contributed by atoms with E-state index in [2.05, 4.69) is 0 Å². The molecule has 4 rings (SSSR count). The van der Waals surface area contributed by atoms with Gasteiger partial charge in [0.05, 0.1) is 28.0 Å². The standard InChI is InChI=1S/C21H19F3N4O3/c1-8-16-18(9(2)19(17(8)24)27-5-10(25)6-27)28(7-11(20(16)29)21(30)31)15-4-14(26)12(22)3-13(15)23/h3-4,7,10H,5-6,25-26H2,1-2H3,(H,30,31). The van der Waals surface area contributed by atoms with Crippen molar-refractivity contribution in [2.24, 2.45) is 5.73 Å². The highest BCUT2D eigenvalue weighted by Gasteiger charge is 2.31. The van der Waals surface area contributed by atoms with Crippen molar-refractivity contribution >= 4 is 28.2 Å². The number of pyridine rings is 1. The average molecular weight is 432 g/mol. The number of carbonyl (C=O) groups is 1. The summed E-state index contributed by atoms with van der Waals surface area (Å²) in [5.41, 5.74) is 9.71. The van der Waals surface area contributed by atoms with Crippen molar-refractivity contribution < 1.29 is 23.1 Å². The fourth-order valence-electron chi connectivity index (χ4n) is 4.05. The molecule has 2 aromatic carbocycles. The molecule has 0 atom stereocenters. The number of nitrogens with zero attached hydrogens (tertiary/aromatic N) is 2. The third-order valence-electron chi connectivity index (χ3n) is 5.61. The molecule has 1 fully saturated rings. The van der Waals surface area contributed by atoms with Gasteiger partial charge >= 0.3 is 5.97 Å². The second-order valence-corrected chi connectivity index (χ2v) is 7.67. The van der Waals surface area contributed by atoms with Crippen LogP contribution in [0, 0.1) is 31.3 Å². The minimum Gasteiger partial charge on any atom is -0.477 e. The number of nitrogens with two attached hydrogens (primary N) is 2. The van der Waals surface area contributed by atoms with E-state index in [9.17, 15) is 23.5 Å². The Balaban J connectivity index is 2.20. The molecule has 3 aromatic rings. The largest absolute Gasteiger partial charge is 0.477 e. The van der Waals surface area contributed by atoms with Crippen LogP contribution in [0.4, 0.5) is 24.5 Å². The highest BCUT2D eigenvalue weighted by Crippen LogP contribution is 2.37. The first kappa shape index (κ1) is 20.7. The molecule has 0 spiro atoms. The molecule has 0 bridgehead atoms. The van der Waals surface area contributed by atoms with E-state index in [1.165, 1.54) is 6.92 Å². The summed E-state index contributed by atoms with van der Waals surface area (Å²) < 4.78 is 44.9. The number of carboxylic acid groups (broad SMARTS) is 1. The van der Waals surface area contributed by atoms with Crippen LogP contribution in [0.3, 0.4) is 0 Å². The highest BCUT2D eigenvalue weighted by atomic mass is 19.1. The summed E-state index contributed by atoms with van der Waals surface area (Å²) in [7, 11) is 0. The Morgan fingerprint density at radius 3 is 2.35 bits per heavy atom. The van der Waals surface area contributed by atoms with Crippen molar-refractivity contribution in [1.82, 2.24) is 4.57 Å². The molecule has 1 aromatic heterocycles. The van der Waals surface area contributed by atoms with Gasteiger partial charge in [-0.3, -0.25) is 4.79 Å². The van der Waals surface area contributed by atoms with Crippen LogP contribution in [0.1, 0.15) is 21.5 Å². The van der Waals surface area contributed by atoms with Crippen LogP contribution in [-0.2, 0) is 0 Å². The first-order valence-electron chi connectivity index (χ1n) is 9.39. The molecule has 7 nitrogen and oxygen atoms in total. The Bertz CT molecular complexity index is 1330. The number of anilines is 2. The summed E-state index contributed by atoms with van der Waals surface area (Å²) in [6.45, 7) is 3.67. The van der Waals surface area contributed by atoms with E-state index in [1.54, 1.807) is 11.8 Å². The topological polar surface area (TPSA) is 115 Å². The van der Waals surface area contributed by atoms with Gasteiger partial charge in [0.15, 0.2) is 5.82 Å². The number of rotatable bonds is 3. The molecule has 1 aliphatic heterocycles. The molecule has 1 saturated heterocycles. The van der Waals surface area contributed by atoms with E-state index in [-0.39, 0.29) is 39.6 Å². The Hall–Kier alpha value is -3.53. The molecular formula is C21H19F3N4O3. The smallest absolute Gasteiger partial charge is 0.341 e. The van der Waals surface area contributed by atoms with E-state index in [0.717, 1.165) is 16.8 Å². The first-order valence-corrected chi connectivity index (χ1v) is 9.39. The lowest BCUT2D eigenvalue weighted by Crippen LogP contribution is -2.56. The Morgan fingerprint density at radius 1 is 1.13 bits per heavy atom. The van der Waals surface area contributed by atoms with Gasteiger partial charge in [-0.1, -0.05) is 0 Å². The second-order valence-electron chi connectivity index (χ2n) is 7.67. The summed E-state index contributed by atoms with van der Waals surface area (Å²) >= 11 is 0. The van der Waals surface area contributed by atoms with Gasteiger partial charge in [-0.25, -0.2) is 18.0 Å². The fraction of sp³-hybridized carbons (Fsp3) is 0.238. The van der Waals surface area contributed by atoms with Crippen molar-refractivity contribution in [3.05, 3.63) is 62.7 Å². The first-order chi connectivity index (χ1) is 14.5. The maximum absolute atomic E-state index is 15.3. The lowest BCUT2D eigenvalue weighted by molar-refractivity contribution is 0.0695. The summed E-state index contributed by atoms with van der Waals surface area (Å²) in [5, 5.41) is 9.30. The fourth-order valence-corrected chi connectivity index (χ4v) is 4.05. The minimum absolute atomic E-state index is 0.0755. The van der Waals surface area contributed by atoms with Crippen LogP contribution in [0.2, 0.25) is 0 Å². The number of fused-ring (bicyclic) bond motifs is 1. The van der Waals surface area contributed by atoms with Crippen LogP contribution in [-0.4, -0.2) is 34.8 Å². The molecule has 1 aliphatic rings. The van der Waals surface area contributed by atoms with E-state index in [4.69, 9.17) is 11.5 Å². The molecule has 0 unspecified atom stereocenters. The molecule has 0 aliphatic carbocycles. The third-order valence-corrected chi connectivity index (χ3v) is 5.61. The zero-order valence-electron chi connectivity index (χ0n) is 16.7. The van der Waals surface area contributed by atoms with Gasteiger partial charge in [0.25, 0.3) is 0 Å². The molecule has 162 valence electrons. The van der Waals surface area contributed by atoms with Gasteiger partial charge in [0.2, 0.25) is 5.43 Å². The number of hydrogen-bond donors (Lipinski definition) is 3. The van der Waals surface area contributed by atoms with Gasteiger partial charge in [0, 0.05) is 42.5 Å². The molecule has 0 saturated carbocycles. The molecule has 10 heteroatoms. The molecule has 5 N–H and O–H groups in total. The van der Waals surface area contributed by atoms with Crippen molar-refractivity contribution in [2.75, 3.05) is 23.7 Å². The second kappa shape index (κ2) is 7.02. The number of hydrogen-bond acceptors (Lipinski definition) is 5. The predicted octanol–water partition coefficient (Wildman–Crippen LogP) is 2.45. The number of carboxylic acids is 1. The molecule has 2 heterocycles. The lowest BCUT2D eigenvalue weighted by Gasteiger charge is -2.40.